The first-order valence-electron chi connectivity index (χ1n) is 7.60. The summed E-state index contributed by atoms with van der Waals surface area (Å²) in [5, 5.41) is 10.0. The van der Waals surface area contributed by atoms with Crippen molar-refractivity contribution in [2.45, 2.75) is 72.3 Å². The normalized spacial score (nSPS) is 46.9. The van der Waals surface area contributed by atoms with Gasteiger partial charge in [0.25, 0.3) is 0 Å². The topological polar surface area (TPSA) is 20.2 Å². The van der Waals surface area contributed by atoms with Gasteiger partial charge in [-0.15, -0.1) is 0 Å². The monoisotopic (exact) mass is 238 g/mol. The zero-order valence-electron chi connectivity index (χ0n) is 12.1. The minimum atomic E-state index is -0.0327. The third-order valence-electron chi connectivity index (χ3n) is 5.59. The molecule has 5 unspecified atom stereocenters. The van der Waals surface area contributed by atoms with Crippen molar-refractivity contribution < 1.29 is 5.11 Å². The molecule has 2 fully saturated rings. The second-order valence-electron chi connectivity index (χ2n) is 7.50. The fourth-order valence-corrected chi connectivity index (χ4v) is 4.74. The smallest absolute Gasteiger partial charge is 0.0568 e. The first-order chi connectivity index (χ1) is 7.92. The Morgan fingerprint density at radius 1 is 1.24 bits per heavy atom. The van der Waals surface area contributed by atoms with Crippen LogP contribution in [-0.2, 0) is 0 Å². The highest BCUT2D eigenvalue weighted by atomic mass is 16.3. The molecule has 2 saturated carbocycles. The second kappa shape index (κ2) is 4.91. The van der Waals surface area contributed by atoms with Crippen molar-refractivity contribution in [1.29, 1.82) is 0 Å². The standard InChI is InChI=1S/C16H30O/c1-11(2)9-13-5-6-14-12(3)15(17)7-8-16(14,4)10-13/h11-15,17H,5-10H2,1-4H3. The first-order valence-corrected chi connectivity index (χ1v) is 7.60. The Kier molecular flexibility index (Phi) is 3.87. The lowest BCUT2D eigenvalue weighted by atomic mass is 9.54. The Balaban J connectivity index is 2.03. The van der Waals surface area contributed by atoms with Crippen LogP contribution in [0.5, 0.6) is 0 Å². The van der Waals surface area contributed by atoms with Crippen LogP contribution >= 0.6 is 0 Å². The van der Waals surface area contributed by atoms with Crippen LogP contribution < -0.4 is 0 Å². The van der Waals surface area contributed by atoms with E-state index in [9.17, 15) is 5.11 Å². The van der Waals surface area contributed by atoms with Gasteiger partial charge in [-0.1, -0.05) is 34.1 Å². The van der Waals surface area contributed by atoms with Gasteiger partial charge in [0.15, 0.2) is 0 Å². The minimum absolute atomic E-state index is 0.0327. The van der Waals surface area contributed by atoms with E-state index in [0.29, 0.717) is 11.3 Å². The average Bonchev–Trinajstić information content (AvgIpc) is 2.23. The van der Waals surface area contributed by atoms with Crippen LogP contribution in [0.2, 0.25) is 0 Å². The summed E-state index contributed by atoms with van der Waals surface area (Å²) in [4.78, 5) is 0. The van der Waals surface area contributed by atoms with Gasteiger partial charge < -0.3 is 5.11 Å². The van der Waals surface area contributed by atoms with Gasteiger partial charge in [-0.3, -0.25) is 0 Å². The number of rotatable bonds is 2. The van der Waals surface area contributed by atoms with Gasteiger partial charge in [-0.25, -0.2) is 0 Å². The Hall–Kier alpha value is -0.0400. The molecule has 17 heavy (non-hydrogen) atoms. The lowest BCUT2D eigenvalue weighted by Gasteiger charge is -2.52. The molecule has 2 rings (SSSR count). The molecular weight excluding hydrogens is 208 g/mol. The summed E-state index contributed by atoms with van der Waals surface area (Å²) in [6, 6.07) is 0. The van der Waals surface area contributed by atoms with Crippen LogP contribution in [-0.4, -0.2) is 11.2 Å². The molecule has 100 valence electrons. The van der Waals surface area contributed by atoms with E-state index in [1.54, 1.807) is 0 Å². The zero-order valence-corrected chi connectivity index (χ0v) is 12.1. The lowest BCUT2D eigenvalue weighted by Crippen LogP contribution is -2.46. The van der Waals surface area contributed by atoms with Gasteiger partial charge in [0, 0.05) is 0 Å². The molecule has 0 heterocycles. The predicted molar refractivity (Wildman–Crippen MR) is 72.8 cm³/mol. The fourth-order valence-electron chi connectivity index (χ4n) is 4.74. The van der Waals surface area contributed by atoms with Gasteiger partial charge in [0.2, 0.25) is 0 Å². The number of fused-ring (bicyclic) bond motifs is 1. The van der Waals surface area contributed by atoms with Gasteiger partial charge in [-0.05, 0) is 61.2 Å². The molecule has 0 aromatic rings. The summed E-state index contributed by atoms with van der Waals surface area (Å²) < 4.78 is 0. The quantitative estimate of drug-likeness (QED) is 0.762. The van der Waals surface area contributed by atoms with Crippen molar-refractivity contribution in [3.63, 3.8) is 0 Å². The molecule has 0 spiro atoms. The fraction of sp³-hybridized carbons (Fsp3) is 1.00. The number of hydrogen-bond donors (Lipinski definition) is 1. The summed E-state index contributed by atoms with van der Waals surface area (Å²) in [5.41, 5.74) is 0.524. The van der Waals surface area contributed by atoms with Crippen molar-refractivity contribution in [2.75, 3.05) is 0 Å². The predicted octanol–water partition coefficient (Wildman–Crippen LogP) is 4.25. The molecule has 0 aromatic carbocycles. The molecular formula is C16H30O. The van der Waals surface area contributed by atoms with Crippen molar-refractivity contribution in [2.24, 2.45) is 29.1 Å². The minimum Gasteiger partial charge on any atom is -0.393 e. The maximum absolute atomic E-state index is 10.0. The SMILES string of the molecule is CC(C)CC1CCC2C(C)C(O)CCC2(C)C1. The van der Waals surface area contributed by atoms with Crippen LogP contribution in [0.15, 0.2) is 0 Å². The van der Waals surface area contributed by atoms with E-state index < -0.39 is 0 Å². The summed E-state index contributed by atoms with van der Waals surface area (Å²) in [6.07, 6.45) is 7.81. The average molecular weight is 238 g/mol. The third-order valence-corrected chi connectivity index (χ3v) is 5.59. The van der Waals surface area contributed by atoms with E-state index in [2.05, 4.69) is 27.7 Å². The molecule has 0 saturated heterocycles. The van der Waals surface area contributed by atoms with Crippen molar-refractivity contribution in [1.82, 2.24) is 0 Å². The first kappa shape index (κ1) is 13.4. The van der Waals surface area contributed by atoms with Gasteiger partial charge >= 0.3 is 0 Å². The Morgan fingerprint density at radius 3 is 2.59 bits per heavy atom. The molecule has 0 bridgehead atoms. The van der Waals surface area contributed by atoms with E-state index in [4.69, 9.17) is 0 Å². The number of hydrogen-bond acceptors (Lipinski definition) is 1. The molecule has 1 N–H and O–H groups in total. The van der Waals surface area contributed by atoms with E-state index in [1.165, 1.54) is 32.1 Å². The van der Waals surface area contributed by atoms with E-state index in [0.717, 1.165) is 24.2 Å². The number of aliphatic hydroxyl groups is 1. The molecule has 1 nitrogen and oxygen atoms in total. The molecule has 1 heteroatoms. The Labute approximate surface area is 107 Å². The number of aliphatic hydroxyl groups excluding tert-OH is 1. The third kappa shape index (κ3) is 2.70. The highest BCUT2D eigenvalue weighted by Crippen LogP contribution is 2.54. The molecule has 0 aliphatic heterocycles. The van der Waals surface area contributed by atoms with E-state index in [1.807, 2.05) is 0 Å². The molecule has 2 aliphatic rings. The molecule has 0 radical (unpaired) electrons. The Bertz CT molecular complexity index is 260. The molecule has 0 aromatic heterocycles. The van der Waals surface area contributed by atoms with Crippen LogP contribution in [0.3, 0.4) is 0 Å². The van der Waals surface area contributed by atoms with Crippen LogP contribution in [0.1, 0.15) is 66.2 Å². The van der Waals surface area contributed by atoms with Gasteiger partial charge in [0.1, 0.15) is 0 Å². The van der Waals surface area contributed by atoms with Crippen molar-refractivity contribution in [3.05, 3.63) is 0 Å². The zero-order chi connectivity index (χ0) is 12.6. The largest absolute Gasteiger partial charge is 0.393 e. The van der Waals surface area contributed by atoms with E-state index >= 15 is 0 Å². The summed E-state index contributed by atoms with van der Waals surface area (Å²) in [6.45, 7) is 9.46. The van der Waals surface area contributed by atoms with Crippen molar-refractivity contribution >= 4 is 0 Å². The van der Waals surface area contributed by atoms with Crippen LogP contribution in [0.4, 0.5) is 0 Å². The molecule has 0 amide bonds. The van der Waals surface area contributed by atoms with Crippen molar-refractivity contribution in [3.8, 4) is 0 Å². The molecule has 2 aliphatic carbocycles. The van der Waals surface area contributed by atoms with E-state index in [-0.39, 0.29) is 6.10 Å². The maximum Gasteiger partial charge on any atom is 0.0568 e. The second-order valence-corrected chi connectivity index (χ2v) is 7.50. The molecule has 5 atom stereocenters. The summed E-state index contributed by atoms with van der Waals surface area (Å²) >= 11 is 0. The van der Waals surface area contributed by atoms with Gasteiger partial charge in [-0.2, -0.15) is 0 Å². The highest BCUT2D eigenvalue weighted by molar-refractivity contribution is 4.97. The van der Waals surface area contributed by atoms with Crippen LogP contribution in [0.25, 0.3) is 0 Å². The summed E-state index contributed by atoms with van der Waals surface area (Å²) in [7, 11) is 0. The highest BCUT2D eigenvalue weighted by Gasteiger charge is 2.47. The maximum atomic E-state index is 10.0. The van der Waals surface area contributed by atoms with Gasteiger partial charge in [0.05, 0.1) is 6.10 Å². The summed E-state index contributed by atoms with van der Waals surface area (Å²) in [5.74, 6) is 3.08. The Morgan fingerprint density at radius 2 is 1.94 bits per heavy atom. The lowest BCUT2D eigenvalue weighted by molar-refractivity contribution is -0.0697. The van der Waals surface area contributed by atoms with Crippen LogP contribution in [0, 0.1) is 29.1 Å².